The summed E-state index contributed by atoms with van der Waals surface area (Å²) in [6.45, 7) is 3.24. The van der Waals surface area contributed by atoms with Crippen LogP contribution in [0, 0.1) is 0 Å². The third-order valence-corrected chi connectivity index (χ3v) is 4.58. The molecule has 0 aliphatic heterocycles. The van der Waals surface area contributed by atoms with Gasteiger partial charge in [-0.05, 0) is 46.9 Å². The van der Waals surface area contributed by atoms with Crippen LogP contribution in [0.3, 0.4) is 0 Å². The van der Waals surface area contributed by atoms with Gasteiger partial charge in [-0.15, -0.1) is 11.3 Å². The number of nitrogens with zero attached hydrogens (tertiary/aromatic N) is 2. The van der Waals surface area contributed by atoms with Crippen LogP contribution in [0.4, 0.5) is 0 Å². The van der Waals surface area contributed by atoms with Crippen LogP contribution in [0.5, 0.6) is 0 Å². The van der Waals surface area contributed by atoms with E-state index in [0.29, 0.717) is 6.04 Å². The first-order valence-corrected chi connectivity index (χ1v) is 7.81. The highest BCUT2D eigenvalue weighted by Crippen LogP contribution is 2.27. The van der Waals surface area contributed by atoms with Crippen molar-refractivity contribution in [3.05, 3.63) is 38.8 Å². The molecule has 0 aliphatic rings. The first kappa shape index (κ1) is 13.8. The molecule has 0 amide bonds. The number of nitrogens with one attached hydrogen (secondary N) is 1. The monoisotopic (exact) mass is 327 g/mol. The normalized spacial score (nSPS) is 12.8. The SMILES string of the molecule is CCCNC(Cc1cnn(C)c1)c1cc(Br)cs1. The zero-order valence-corrected chi connectivity index (χ0v) is 13.1. The maximum atomic E-state index is 4.23. The van der Waals surface area contributed by atoms with Crippen LogP contribution < -0.4 is 5.32 Å². The average molecular weight is 328 g/mol. The van der Waals surface area contributed by atoms with Crippen molar-refractivity contribution in [3.63, 3.8) is 0 Å². The second-order valence-corrected chi connectivity index (χ2v) is 6.26. The van der Waals surface area contributed by atoms with Crippen LogP contribution in [0.25, 0.3) is 0 Å². The summed E-state index contributed by atoms with van der Waals surface area (Å²) in [5, 5.41) is 9.98. The van der Waals surface area contributed by atoms with Crippen LogP contribution in [0.1, 0.15) is 29.8 Å². The fourth-order valence-corrected chi connectivity index (χ4v) is 3.44. The molecule has 0 aliphatic carbocycles. The number of aromatic nitrogens is 2. The maximum Gasteiger partial charge on any atom is 0.0522 e. The highest BCUT2D eigenvalue weighted by Gasteiger charge is 2.14. The number of rotatable bonds is 6. The van der Waals surface area contributed by atoms with Crippen molar-refractivity contribution >= 4 is 27.3 Å². The maximum absolute atomic E-state index is 4.23. The number of hydrogen-bond acceptors (Lipinski definition) is 3. The third kappa shape index (κ3) is 3.67. The molecule has 18 heavy (non-hydrogen) atoms. The summed E-state index contributed by atoms with van der Waals surface area (Å²) in [6, 6.07) is 2.58. The molecule has 2 aromatic rings. The van der Waals surface area contributed by atoms with Crippen LogP contribution in [0.15, 0.2) is 28.3 Å². The summed E-state index contributed by atoms with van der Waals surface area (Å²) >= 11 is 5.32. The molecule has 2 heterocycles. The van der Waals surface area contributed by atoms with Crippen molar-refractivity contribution in [1.82, 2.24) is 15.1 Å². The van der Waals surface area contributed by atoms with E-state index in [1.165, 1.54) is 10.4 Å². The number of halogens is 1. The molecule has 2 aromatic heterocycles. The second kappa shape index (κ2) is 6.50. The van der Waals surface area contributed by atoms with Crippen LogP contribution in [0.2, 0.25) is 0 Å². The van der Waals surface area contributed by atoms with Gasteiger partial charge in [-0.2, -0.15) is 5.10 Å². The fourth-order valence-electron chi connectivity index (χ4n) is 1.92. The highest BCUT2D eigenvalue weighted by molar-refractivity contribution is 9.10. The molecule has 0 spiro atoms. The van der Waals surface area contributed by atoms with E-state index in [1.54, 1.807) is 11.3 Å². The number of hydrogen-bond donors (Lipinski definition) is 1. The zero-order chi connectivity index (χ0) is 13.0. The predicted molar refractivity (Wildman–Crippen MR) is 80.0 cm³/mol. The lowest BCUT2D eigenvalue weighted by Crippen LogP contribution is -2.23. The van der Waals surface area contributed by atoms with Crippen LogP contribution in [-0.4, -0.2) is 16.3 Å². The molecule has 0 bridgehead atoms. The molecule has 3 nitrogen and oxygen atoms in total. The molecule has 98 valence electrons. The van der Waals surface area contributed by atoms with Crippen molar-refractivity contribution in [2.45, 2.75) is 25.8 Å². The van der Waals surface area contributed by atoms with Gasteiger partial charge in [-0.3, -0.25) is 4.68 Å². The first-order chi connectivity index (χ1) is 8.69. The van der Waals surface area contributed by atoms with Crippen LogP contribution in [-0.2, 0) is 13.5 Å². The Morgan fingerprint density at radius 1 is 1.56 bits per heavy atom. The van der Waals surface area contributed by atoms with E-state index >= 15 is 0 Å². The molecule has 1 unspecified atom stereocenters. The van der Waals surface area contributed by atoms with E-state index in [9.17, 15) is 0 Å². The van der Waals surface area contributed by atoms with Crippen molar-refractivity contribution in [2.24, 2.45) is 7.05 Å². The Labute approximate surface area is 120 Å². The number of thiophene rings is 1. The molecule has 1 N–H and O–H groups in total. The van der Waals surface area contributed by atoms with E-state index in [0.717, 1.165) is 23.9 Å². The summed E-state index contributed by atoms with van der Waals surface area (Å²) in [6.07, 6.45) is 6.17. The highest BCUT2D eigenvalue weighted by atomic mass is 79.9. The van der Waals surface area contributed by atoms with E-state index in [1.807, 2.05) is 17.9 Å². The van der Waals surface area contributed by atoms with Crippen molar-refractivity contribution in [2.75, 3.05) is 6.54 Å². The number of aryl methyl sites for hydroxylation is 1. The smallest absolute Gasteiger partial charge is 0.0522 e. The lowest BCUT2D eigenvalue weighted by molar-refractivity contribution is 0.536. The fraction of sp³-hybridized carbons (Fsp3) is 0.462. The van der Waals surface area contributed by atoms with Gasteiger partial charge in [0, 0.05) is 34.0 Å². The molecular weight excluding hydrogens is 310 g/mol. The molecule has 0 saturated carbocycles. The summed E-state index contributed by atoms with van der Waals surface area (Å²) in [7, 11) is 1.96. The topological polar surface area (TPSA) is 29.9 Å². The van der Waals surface area contributed by atoms with E-state index < -0.39 is 0 Å². The van der Waals surface area contributed by atoms with Gasteiger partial charge >= 0.3 is 0 Å². The molecule has 0 saturated heterocycles. The van der Waals surface area contributed by atoms with Gasteiger partial charge in [0.25, 0.3) is 0 Å². The van der Waals surface area contributed by atoms with Crippen molar-refractivity contribution in [1.29, 1.82) is 0 Å². The predicted octanol–water partition coefficient (Wildman–Crippen LogP) is 3.53. The van der Waals surface area contributed by atoms with Gasteiger partial charge < -0.3 is 5.32 Å². The zero-order valence-electron chi connectivity index (χ0n) is 10.7. The van der Waals surface area contributed by atoms with E-state index in [-0.39, 0.29) is 0 Å². The van der Waals surface area contributed by atoms with E-state index in [2.05, 4.69) is 50.9 Å². The average Bonchev–Trinajstić information content (AvgIpc) is 2.93. The summed E-state index contributed by atoms with van der Waals surface area (Å²) in [5.74, 6) is 0. The van der Waals surface area contributed by atoms with Crippen molar-refractivity contribution < 1.29 is 0 Å². The quantitative estimate of drug-likeness (QED) is 0.879. The third-order valence-electron chi connectivity index (χ3n) is 2.77. The van der Waals surface area contributed by atoms with E-state index in [4.69, 9.17) is 0 Å². The lowest BCUT2D eigenvalue weighted by Gasteiger charge is -2.16. The van der Waals surface area contributed by atoms with Crippen molar-refractivity contribution in [3.8, 4) is 0 Å². The summed E-state index contributed by atoms with van der Waals surface area (Å²) < 4.78 is 3.02. The van der Waals surface area contributed by atoms with Gasteiger partial charge in [0.1, 0.15) is 0 Å². The molecule has 1 atom stereocenters. The molecule has 0 fully saturated rings. The Hall–Kier alpha value is -0.650. The largest absolute Gasteiger partial charge is 0.309 e. The molecule has 5 heteroatoms. The Balaban J connectivity index is 2.09. The second-order valence-electron chi connectivity index (χ2n) is 4.40. The molecule has 0 radical (unpaired) electrons. The Morgan fingerprint density at radius 3 is 2.94 bits per heavy atom. The van der Waals surface area contributed by atoms with Crippen LogP contribution >= 0.6 is 27.3 Å². The lowest BCUT2D eigenvalue weighted by atomic mass is 10.1. The Kier molecular flexibility index (Phi) is 4.97. The van der Waals surface area contributed by atoms with Gasteiger partial charge in [0.05, 0.1) is 6.20 Å². The van der Waals surface area contributed by atoms with Gasteiger partial charge in [-0.25, -0.2) is 0 Å². The Bertz CT molecular complexity index is 492. The molecular formula is C13H18BrN3S. The summed E-state index contributed by atoms with van der Waals surface area (Å²) in [4.78, 5) is 1.37. The van der Waals surface area contributed by atoms with Gasteiger partial charge in [0.2, 0.25) is 0 Å². The summed E-state index contributed by atoms with van der Waals surface area (Å²) in [5.41, 5.74) is 1.27. The standard InChI is InChI=1S/C13H18BrN3S/c1-3-4-15-12(13-6-11(14)9-18-13)5-10-7-16-17(2)8-10/h6-9,12,15H,3-5H2,1-2H3. The molecule has 2 rings (SSSR count). The van der Waals surface area contributed by atoms with Gasteiger partial charge in [0.15, 0.2) is 0 Å². The first-order valence-electron chi connectivity index (χ1n) is 6.14. The minimum absolute atomic E-state index is 0.380. The Morgan fingerprint density at radius 2 is 2.39 bits per heavy atom. The molecule has 0 aromatic carbocycles. The minimum atomic E-state index is 0.380. The van der Waals surface area contributed by atoms with Gasteiger partial charge in [-0.1, -0.05) is 6.92 Å². The minimum Gasteiger partial charge on any atom is -0.309 e.